The Hall–Kier alpha value is -1.74. The van der Waals surface area contributed by atoms with E-state index in [1.807, 2.05) is 27.7 Å². The smallest absolute Gasteiger partial charge is 0.355 e. The van der Waals surface area contributed by atoms with E-state index >= 15 is 0 Å². The van der Waals surface area contributed by atoms with Crippen LogP contribution in [0.15, 0.2) is 5.38 Å². The summed E-state index contributed by atoms with van der Waals surface area (Å²) in [6.07, 6.45) is 0.737. The van der Waals surface area contributed by atoms with Crippen molar-refractivity contribution in [1.82, 2.24) is 9.79 Å². The van der Waals surface area contributed by atoms with Crippen LogP contribution in [-0.2, 0) is 14.3 Å². The van der Waals surface area contributed by atoms with Crippen molar-refractivity contribution < 1.29 is 24.2 Å². The maximum atomic E-state index is 12.2. The van der Waals surface area contributed by atoms with Crippen molar-refractivity contribution in [3.8, 4) is 0 Å². The van der Waals surface area contributed by atoms with E-state index in [4.69, 9.17) is 9.84 Å². The number of ether oxygens (including phenoxy) is 1. The number of esters is 1. The number of aromatic carboxylic acids is 1. The minimum absolute atomic E-state index is 0.0659. The van der Waals surface area contributed by atoms with Crippen LogP contribution in [0.4, 0.5) is 0 Å². The summed E-state index contributed by atoms with van der Waals surface area (Å²) >= 11 is 1.16. The lowest BCUT2D eigenvalue weighted by atomic mass is 9.86. The molecule has 0 saturated carbocycles. The predicted octanol–water partition coefficient (Wildman–Crippen LogP) is 2.63. The third-order valence-corrected chi connectivity index (χ3v) is 4.85. The quantitative estimate of drug-likeness (QED) is 0.358. The Morgan fingerprint density at radius 2 is 2.04 bits per heavy atom. The number of aromatic nitrogens is 1. The van der Waals surface area contributed by atoms with Crippen LogP contribution >= 0.6 is 11.3 Å². The zero-order valence-electron chi connectivity index (χ0n) is 15.8. The molecule has 1 rings (SSSR count). The van der Waals surface area contributed by atoms with E-state index in [1.165, 1.54) is 12.8 Å². The second-order valence-corrected chi connectivity index (χ2v) is 7.84. The maximum absolute atomic E-state index is 12.2. The molecule has 0 aliphatic carbocycles. The summed E-state index contributed by atoms with van der Waals surface area (Å²) in [5.41, 5.74) is -0.0659. The first-order valence-corrected chi connectivity index (χ1v) is 9.42. The van der Waals surface area contributed by atoms with Gasteiger partial charge in [0.1, 0.15) is 5.01 Å². The zero-order chi connectivity index (χ0) is 19.9. The molecule has 0 aliphatic rings. The lowest BCUT2D eigenvalue weighted by Crippen LogP contribution is -2.40. The van der Waals surface area contributed by atoms with Crippen molar-refractivity contribution in [2.24, 2.45) is 11.8 Å². The van der Waals surface area contributed by atoms with Crippen molar-refractivity contribution in [2.75, 3.05) is 7.05 Å². The van der Waals surface area contributed by atoms with Crippen molar-refractivity contribution in [1.29, 1.82) is 0 Å². The minimum Gasteiger partial charge on any atom is -0.476 e. The van der Waals surface area contributed by atoms with Crippen molar-refractivity contribution in [3.63, 3.8) is 0 Å². The number of hydrogen-bond donors (Lipinski definition) is 1. The number of nitrogens with zero attached hydrogens (tertiary/aromatic N) is 2. The van der Waals surface area contributed by atoms with Gasteiger partial charge in [0.25, 0.3) is 7.41 Å². The van der Waals surface area contributed by atoms with Gasteiger partial charge < -0.3 is 19.4 Å². The molecule has 2 atom stereocenters. The van der Waals surface area contributed by atoms with E-state index in [2.05, 4.69) is 4.98 Å². The maximum Gasteiger partial charge on any atom is 0.355 e. The molecule has 26 heavy (non-hydrogen) atoms. The van der Waals surface area contributed by atoms with Gasteiger partial charge in [-0.25, -0.2) is 9.78 Å². The molecule has 0 saturated heterocycles. The molecule has 1 N–H and O–H groups in total. The van der Waals surface area contributed by atoms with Gasteiger partial charge in [-0.05, 0) is 18.9 Å². The third kappa shape index (κ3) is 6.88. The second kappa shape index (κ2) is 10.4. The Morgan fingerprint density at radius 1 is 1.38 bits per heavy atom. The highest BCUT2D eigenvalue weighted by Crippen LogP contribution is 2.30. The molecule has 0 aromatic carbocycles. The van der Waals surface area contributed by atoms with Crippen LogP contribution in [-0.4, -0.2) is 53.5 Å². The molecule has 7 nitrogen and oxygen atoms in total. The summed E-state index contributed by atoms with van der Waals surface area (Å²) in [5, 5.41) is 11.0. The lowest BCUT2D eigenvalue weighted by molar-refractivity contribution is -0.151. The molecule has 1 radical (unpaired) electrons. The molecule has 0 unspecified atom stereocenters. The normalized spacial score (nSPS) is 13.7. The highest BCUT2D eigenvalue weighted by atomic mass is 32.1. The van der Waals surface area contributed by atoms with Gasteiger partial charge in [0.15, 0.2) is 11.8 Å². The van der Waals surface area contributed by atoms with Gasteiger partial charge in [-0.2, -0.15) is 0 Å². The number of carboxylic acid groups (broad SMARTS) is 1. The van der Waals surface area contributed by atoms with E-state index in [0.717, 1.165) is 11.3 Å². The number of thiazole rings is 1. The highest BCUT2D eigenvalue weighted by molar-refractivity contribution is 7.09. The SMILES string of the molecule is CC(C)CC(=O)O[C@H](C[C@@H](C(C)C)N(C)[B]C=O)c1nc(C(=O)O)cs1. The van der Waals surface area contributed by atoms with Crippen molar-refractivity contribution in [2.45, 2.75) is 52.7 Å². The van der Waals surface area contributed by atoms with Gasteiger partial charge in [0, 0.05) is 24.3 Å². The summed E-state index contributed by atoms with van der Waals surface area (Å²) in [7, 11) is 3.22. The summed E-state index contributed by atoms with van der Waals surface area (Å²) in [5.74, 6) is -1.13. The molecule has 9 heteroatoms. The number of carbonyl (C=O) groups is 3. The zero-order valence-corrected chi connectivity index (χ0v) is 16.7. The van der Waals surface area contributed by atoms with E-state index in [9.17, 15) is 14.4 Å². The number of carboxylic acids is 1. The predicted molar refractivity (Wildman–Crippen MR) is 101 cm³/mol. The van der Waals surface area contributed by atoms with Gasteiger partial charge >= 0.3 is 11.9 Å². The summed E-state index contributed by atoms with van der Waals surface area (Å²) in [6, 6.07) is -0.0748. The molecule has 0 amide bonds. The first kappa shape index (κ1) is 22.3. The fourth-order valence-electron chi connectivity index (χ4n) is 2.61. The Morgan fingerprint density at radius 3 is 2.50 bits per heavy atom. The van der Waals surface area contributed by atoms with Gasteiger partial charge in [-0.15, -0.1) is 11.3 Å². The molecule has 1 aromatic heterocycles. The number of hydrogen-bond acceptors (Lipinski definition) is 7. The first-order chi connectivity index (χ1) is 12.1. The van der Waals surface area contributed by atoms with Gasteiger partial charge in [0.2, 0.25) is 0 Å². The number of carbonyl (C=O) groups excluding carboxylic acids is 2. The summed E-state index contributed by atoms with van der Waals surface area (Å²) in [6.45, 7) is 7.87. The molecule has 143 valence electrons. The highest BCUT2D eigenvalue weighted by Gasteiger charge is 2.29. The van der Waals surface area contributed by atoms with Gasteiger partial charge in [0.05, 0.1) is 6.19 Å². The fraction of sp³-hybridized carbons (Fsp3) is 0.647. The monoisotopic (exact) mass is 381 g/mol. The topological polar surface area (TPSA) is 96.8 Å². The van der Waals surface area contributed by atoms with E-state index in [1.54, 1.807) is 11.9 Å². The van der Waals surface area contributed by atoms with E-state index in [-0.39, 0.29) is 36.0 Å². The molecule has 0 aliphatic heterocycles. The Balaban J connectivity index is 3.06. The summed E-state index contributed by atoms with van der Waals surface area (Å²) in [4.78, 5) is 40.0. The van der Waals surface area contributed by atoms with Crippen molar-refractivity contribution in [3.05, 3.63) is 16.1 Å². The molecular weight excluding hydrogens is 355 g/mol. The van der Waals surface area contributed by atoms with Crippen LogP contribution in [0.2, 0.25) is 0 Å². The Labute approximate surface area is 159 Å². The second-order valence-electron chi connectivity index (χ2n) is 6.95. The molecule has 1 aromatic rings. The molecular formula is C17H26BN2O5S. The number of rotatable bonds is 11. The molecule has 0 bridgehead atoms. The summed E-state index contributed by atoms with van der Waals surface area (Å²) < 4.78 is 5.64. The average Bonchev–Trinajstić information content (AvgIpc) is 3.00. The average molecular weight is 381 g/mol. The Kier molecular flexibility index (Phi) is 8.94. The van der Waals surface area contributed by atoms with Crippen LogP contribution in [0.25, 0.3) is 0 Å². The van der Waals surface area contributed by atoms with Crippen LogP contribution in [0.3, 0.4) is 0 Å². The van der Waals surface area contributed by atoms with E-state index < -0.39 is 12.1 Å². The largest absolute Gasteiger partial charge is 0.476 e. The minimum atomic E-state index is -1.12. The molecule has 0 spiro atoms. The van der Waals surface area contributed by atoms with Crippen molar-refractivity contribution >= 4 is 36.9 Å². The van der Waals surface area contributed by atoms with Crippen LogP contribution in [0.5, 0.6) is 0 Å². The van der Waals surface area contributed by atoms with Gasteiger partial charge in [-0.1, -0.05) is 27.7 Å². The van der Waals surface area contributed by atoms with Crippen LogP contribution < -0.4 is 0 Å². The third-order valence-electron chi connectivity index (χ3n) is 3.91. The first-order valence-electron chi connectivity index (χ1n) is 8.54. The standard InChI is InChI=1S/C17H26BN2O5S/c1-10(2)6-15(22)25-14(16-19-12(8-26-16)17(23)24)7-13(11(3)4)20(5)18-9-21/h8-11,13-14H,6-7H2,1-5H3,(H,23,24)/t13-,14+/m0/s1. The lowest BCUT2D eigenvalue weighted by Gasteiger charge is -2.32. The van der Waals surface area contributed by atoms with E-state index in [0.29, 0.717) is 17.6 Å². The Bertz CT molecular complexity index is 620. The molecule has 0 fully saturated rings. The van der Waals surface area contributed by atoms with Crippen LogP contribution in [0, 0.1) is 11.8 Å². The van der Waals surface area contributed by atoms with Crippen LogP contribution in [0.1, 0.15) is 62.1 Å². The van der Waals surface area contributed by atoms with Gasteiger partial charge in [-0.3, -0.25) is 4.79 Å². The molecule has 1 heterocycles. The fourth-order valence-corrected chi connectivity index (χ4v) is 3.44.